The van der Waals surface area contributed by atoms with Crippen molar-refractivity contribution in [2.75, 3.05) is 23.9 Å². The van der Waals surface area contributed by atoms with Gasteiger partial charge in [-0.15, -0.1) is 0 Å². The van der Waals surface area contributed by atoms with Gasteiger partial charge in [0.25, 0.3) is 17.7 Å². The summed E-state index contributed by atoms with van der Waals surface area (Å²) in [6.07, 6.45) is 1.33. The summed E-state index contributed by atoms with van der Waals surface area (Å²) in [5.41, 5.74) is 2.01. The number of hydrogen-bond donors (Lipinski definition) is 2. The first kappa shape index (κ1) is 25.5. The van der Waals surface area contributed by atoms with E-state index in [0.717, 1.165) is 10.5 Å². The molecule has 1 aliphatic rings. The van der Waals surface area contributed by atoms with E-state index in [0.29, 0.717) is 22.0 Å². The minimum Gasteiger partial charge on any atom is -0.493 e. The molecule has 0 aromatic heterocycles. The van der Waals surface area contributed by atoms with Crippen LogP contribution in [0.15, 0.2) is 72.3 Å². The summed E-state index contributed by atoms with van der Waals surface area (Å²) in [7, 11) is 1.42. The summed E-state index contributed by atoms with van der Waals surface area (Å²) in [5.74, 6) is -1.41. The second kappa shape index (κ2) is 11.0. The predicted molar refractivity (Wildman–Crippen MR) is 139 cm³/mol. The number of carbonyl (C=O) groups is 4. The van der Waals surface area contributed by atoms with Gasteiger partial charge in [0.2, 0.25) is 0 Å². The van der Waals surface area contributed by atoms with E-state index in [2.05, 4.69) is 10.6 Å². The van der Waals surface area contributed by atoms with E-state index in [1.54, 1.807) is 36.4 Å². The number of anilines is 2. The Kier molecular flexibility index (Phi) is 7.55. The van der Waals surface area contributed by atoms with Gasteiger partial charge in [-0.05, 0) is 60.5 Å². The Balaban J connectivity index is 1.52. The van der Waals surface area contributed by atoms with Crippen LogP contribution in [-0.4, -0.2) is 37.5 Å². The molecule has 1 aliphatic heterocycles. The highest BCUT2D eigenvalue weighted by molar-refractivity contribution is 6.39. The summed E-state index contributed by atoms with van der Waals surface area (Å²) >= 11 is 5.99. The second-order valence-corrected chi connectivity index (χ2v) is 8.44. The minimum absolute atomic E-state index is 0.221. The normalized spacial score (nSPS) is 14.4. The molecule has 0 bridgehead atoms. The third kappa shape index (κ3) is 5.79. The molecule has 9 nitrogen and oxygen atoms in total. The quantitative estimate of drug-likeness (QED) is 0.354. The zero-order valence-electron chi connectivity index (χ0n) is 19.9. The fourth-order valence-corrected chi connectivity index (χ4v) is 3.79. The van der Waals surface area contributed by atoms with Crippen molar-refractivity contribution < 1.29 is 28.7 Å². The van der Waals surface area contributed by atoms with Gasteiger partial charge in [-0.25, -0.2) is 9.69 Å². The van der Waals surface area contributed by atoms with Crippen LogP contribution in [0, 0.1) is 6.92 Å². The summed E-state index contributed by atoms with van der Waals surface area (Å²) in [4.78, 5) is 51.1. The van der Waals surface area contributed by atoms with E-state index in [9.17, 15) is 19.2 Å². The van der Waals surface area contributed by atoms with Gasteiger partial charge in [0.05, 0.1) is 12.8 Å². The predicted octanol–water partition coefficient (Wildman–Crippen LogP) is 4.34. The summed E-state index contributed by atoms with van der Waals surface area (Å²) in [5, 5.41) is 5.27. The lowest BCUT2D eigenvalue weighted by atomic mass is 10.1. The Labute approximate surface area is 217 Å². The van der Waals surface area contributed by atoms with Crippen LogP contribution in [0.5, 0.6) is 11.5 Å². The lowest BCUT2D eigenvalue weighted by Gasteiger charge is -2.26. The smallest absolute Gasteiger partial charge is 0.335 e. The fraction of sp³-hybridized carbons (Fsp3) is 0.111. The van der Waals surface area contributed by atoms with Crippen LogP contribution in [0.25, 0.3) is 6.08 Å². The van der Waals surface area contributed by atoms with Crippen molar-refractivity contribution in [2.45, 2.75) is 6.92 Å². The molecule has 0 saturated carbocycles. The van der Waals surface area contributed by atoms with E-state index in [1.807, 2.05) is 25.1 Å². The van der Waals surface area contributed by atoms with E-state index in [1.165, 1.54) is 25.3 Å². The van der Waals surface area contributed by atoms with E-state index < -0.39 is 17.8 Å². The zero-order chi connectivity index (χ0) is 26.5. The number of barbiturate groups is 1. The van der Waals surface area contributed by atoms with Crippen molar-refractivity contribution in [2.24, 2.45) is 0 Å². The van der Waals surface area contributed by atoms with Gasteiger partial charge in [-0.2, -0.15) is 0 Å². The number of imide groups is 2. The van der Waals surface area contributed by atoms with Gasteiger partial charge in [-0.3, -0.25) is 19.7 Å². The van der Waals surface area contributed by atoms with Crippen molar-refractivity contribution in [1.29, 1.82) is 0 Å². The minimum atomic E-state index is -0.875. The van der Waals surface area contributed by atoms with E-state index >= 15 is 0 Å². The Hall–Kier alpha value is -4.63. The number of aryl methyl sites for hydroxylation is 1. The molecule has 188 valence electrons. The zero-order valence-corrected chi connectivity index (χ0v) is 20.7. The standard InChI is InChI=1S/C27H22ClN3O6/c1-16-6-3-4-9-21(16)29-24(32)15-37-22-11-10-17(13-23(22)36-2)12-20-25(33)30-27(35)31(26(20)34)19-8-5-7-18(28)14-19/h3-14H,15H2,1-2H3,(H,29,32)(H,30,33,35)/b20-12+. The first-order valence-electron chi connectivity index (χ1n) is 11.1. The molecule has 4 rings (SSSR count). The highest BCUT2D eigenvalue weighted by Gasteiger charge is 2.36. The number of rotatable bonds is 7. The Morgan fingerprint density at radius 2 is 1.81 bits per heavy atom. The van der Waals surface area contributed by atoms with Crippen molar-refractivity contribution in [3.05, 3.63) is 88.5 Å². The molecule has 1 saturated heterocycles. The maximum Gasteiger partial charge on any atom is 0.335 e. The second-order valence-electron chi connectivity index (χ2n) is 8.00. The molecule has 0 atom stereocenters. The van der Waals surface area contributed by atoms with Crippen molar-refractivity contribution in [3.8, 4) is 11.5 Å². The van der Waals surface area contributed by atoms with Crippen molar-refractivity contribution in [3.63, 3.8) is 0 Å². The molecule has 2 N–H and O–H groups in total. The third-order valence-electron chi connectivity index (χ3n) is 5.44. The molecular weight excluding hydrogens is 498 g/mol. The Bertz CT molecular complexity index is 1440. The van der Waals surface area contributed by atoms with Gasteiger partial charge < -0.3 is 14.8 Å². The van der Waals surface area contributed by atoms with Crippen LogP contribution in [0.3, 0.4) is 0 Å². The van der Waals surface area contributed by atoms with Crippen LogP contribution >= 0.6 is 11.6 Å². The Morgan fingerprint density at radius 3 is 2.54 bits per heavy atom. The maximum atomic E-state index is 13.1. The first-order valence-corrected chi connectivity index (χ1v) is 11.5. The Morgan fingerprint density at radius 1 is 1.03 bits per heavy atom. The molecule has 3 aromatic rings. The van der Waals surface area contributed by atoms with Crippen LogP contribution in [-0.2, 0) is 14.4 Å². The summed E-state index contributed by atoms with van der Waals surface area (Å²) in [6.45, 7) is 1.62. The number of urea groups is 1. The summed E-state index contributed by atoms with van der Waals surface area (Å²) in [6, 6.07) is 17.3. The highest BCUT2D eigenvalue weighted by atomic mass is 35.5. The van der Waals surface area contributed by atoms with Gasteiger partial charge in [-0.1, -0.05) is 41.9 Å². The largest absolute Gasteiger partial charge is 0.493 e. The van der Waals surface area contributed by atoms with Crippen LogP contribution in [0.2, 0.25) is 5.02 Å². The van der Waals surface area contributed by atoms with Gasteiger partial charge >= 0.3 is 6.03 Å². The number of amides is 5. The molecular formula is C27H22ClN3O6. The third-order valence-corrected chi connectivity index (χ3v) is 5.68. The molecule has 3 aromatic carbocycles. The highest BCUT2D eigenvalue weighted by Crippen LogP contribution is 2.30. The lowest BCUT2D eigenvalue weighted by molar-refractivity contribution is -0.122. The van der Waals surface area contributed by atoms with Crippen LogP contribution in [0.4, 0.5) is 16.2 Å². The molecule has 0 radical (unpaired) electrons. The molecule has 0 spiro atoms. The molecule has 0 aliphatic carbocycles. The van der Waals surface area contributed by atoms with Crippen molar-refractivity contribution in [1.82, 2.24) is 5.32 Å². The first-order chi connectivity index (χ1) is 17.8. The maximum absolute atomic E-state index is 13.1. The van der Waals surface area contributed by atoms with E-state index in [4.69, 9.17) is 21.1 Å². The summed E-state index contributed by atoms with van der Waals surface area (Å²) < 4.78 is 11.0. The number of ether oxygens (including phenoxy) is 2. The number of methoxy groups -OCH3 is 1. The van der Waals surface area contributed by atoms with Crippen LogP contribution in [0.1, 0.15) is 11.1 Å². The van der Waals surface area contributed by atoms with Crippen LogP contribution < -0.4 is 25.0 Å². The molecule has 1 heterocycles. The molecule has 10 heteroatoms. The number of benzene rings is 3. The number of halogens is 1. The molecule has 0 unspecified atom stereocenters. The number of carbonyl (C=O) groups excluding carboxylic acids is 4. The molecule has 37 heavy (non-hydrogen) atoms. The average Bonchev–Trinajstić information content (AvgIpc) is 2.87. The number of nitrogens with zero attached hydrogens (tertiary/aromatic N) is 1. The number of hydrogen-bond acceptors (Lipinski definition) is 6. The average molecular weight is 520 g/mol. The molecule has 5 amide bonds. The van der Waals surface area contributed by atoms with E-state index in [-0.39, 0.29) is 29.5 Å². The fourth-order valence-electron chi connectivity index (χ4n) is 3.61. The number of nitrogens with one attached hydrogen (secondary N) is 2. The van der Waals surface area contributed by atoms with Gasteiger partial charge in [0.15, 0.2) is 18.1 Å². The monoisotopic (exact) mass is 519 g/mol. The number of para-hydroxylation sites is 1. The molecule has 1 fully saturated rings. The van der Waals surface area contributed by atoms with Gasteiger partial charge in [0.1, 0.15) is 5.57 Å². The van der Waals surface area contributed by atoms with Crippen molar-refractivity contribution >= 4 is 52.8 Å². The SMILES string of the molecule is COc1cc(/C=C2\C(=O)NC(=O)N(c3cccc(Cl)c3)C2=O)ccc1OCC(=O)Nc1ccccc1C. The topological polar surface area (TPSA) is 114 Å². The lowest BCUT2D eigenvalue weighted by Crippen LogP contribution is -2.54. The van der Waals surface area contributed by atoms with Gasteiger partial charge in [0, 0.05) is 10.7 Å².